The summed E-state index contributed by atoms with van der Waals surface area (Å²) in [7, 11) is 0. The molecule has 3 heterocycles. The van der Waals surface area contributed by atoms with Crippen LogP contribution in [-0.2, 0) is 11.3 Å². The Morgan fingerprint density at radius 2 is 1.87 bits per heavy atom. The number of ether oxygens (including phenoxy) is 1. The quantitative estimate of drug-likeness (QED) is 0.563. The molecule has 9 heteroatoms. The fraction of sp³-hybridized carbons (Fsp3) is 0.409. The minimum absolute atomic E-state index is 0.0933. The number of hydrogen-bond donors (Lipinski definition) is 1. The lowest BCUT2D eigenvalue weighted by molar-refractivity contribution is 0.0699. The van der Waals surface area contributed by atoms with Gasteiger partial charge in [-0.1, -0.05) is 0 Å². The van der Waals surface area contributed by atoms with Crippen molar-refractivity contribution in [2.75, 3.05) is 25.1 Å². The normalized spacial score (nSPS) is 14.8. The molecule has 0 amide bonds. The molecular weight excluding hydrogens is 407 g/mol. The predicted molar refractivity (Wildman–Crippen MR) is 111 cm³/mol. The number of rotatable bonds is 8. The summed E-state index contributed by atoms with van der Waals surface area (Å²) in [6, 6.07) is 7.65. The number of hydrogen-bond acceptors (Lipinski definition) is 5. The summed E-state index contributed by atoms with van der Waals surface area (Å²) < 4.78 is 46.1. The summed E-state index contributed by atoms with van der Waals surface area (Å²) in [5.41, 5.74) is 2.41. The lowest BCUT2D eigenvalue weighted by Gasteiger charge is -2.22. The Morgan fingerprint density at radius 1 is 1.10 bits per heavy atom. The van der Waals surface area contributed by atoms with E-state index in [9.17, 15) is 13.2 Å². The third-order valence-corrected chi connectivity index (χ3v) is 5.33. The summed E-state index contributed by atoms with van der Waals surface area (Å²) in [6.07, 6.45) is 2.41. The molecule has 1 N–H and O–H groups in total. The van der Waals surface area contributed by atoms with E-state index in [1.165, 1.54) is 18.5 Å². The Morgan fingerprint density at radius 3 is 2.61 bits per heavy atom. The van der Waals surface area contributed by atoms with Gasteiger partial charge in [-0.2, -0.15) is 0 Å². The van der Waals surface area contributed by atoms with Crippen molar-refractivity contribution in [3.8, 4) is 22.6 Å². The largest absolute Gasteiger partial charge is 0.381 e. The maximum atomic E-state index is 13.4. The van der Waals surface area contributed by atoms with Gasteiger partial charge in [-0.15, -0.1) is 0 Å². The van der Waals surface area contributed by atoms with E-state index in [1.54, 1.807) is 29.0 Å². The zero-order valence-electron chi connectivity index (χ0n) is 17.0. The minimum atomic E-state index is -2.42. The molecule has 164 valence electrons. The van der Waals surface area contributed by atoms with E-state index in [4.69, 9.17) is 4.74 Å². The molecule has 0 bridgehead atoms. The number of nitrogens with one attached hydrogen (secondary N) is 1. The van der Waals surface area contributed by atoms with E-state index in [2.05, 4.69) is 20.3 Å². The standard InChI is InChI=1S/C22H24F3N5O/c23-17-3-1-16(2-4-17)20-21(30(14-28-20)10-6-19(24)25)18-5-9-26-22(29-18)27-13-15-7-11-31-12-8-15/h1-5,9,14-15,19H,6-8,10-13H2,(H,26,27,29). The Labute approximate surface area is 178 Å². The van der Waals surface area contributed by atoms with E-state index in [-0.39, 0.29) is 18.8 Å². The van der Waals surface area contributed by atoms with Gasteiger partial charge in [-0.3, -0.25) is 0 Å². The highest BCUT2D eigenvalue weighted by atomic mass is 19.3. The molecule has 31 heavy (non-hydrogen) atoms. The molecule has 1 aromatic carbocycles. The third kappa shape index (κ3) is 5.41. The maximum absolute atomic E-state index is 13.4. The number of benzene rings is 1. The van der Waals surface area contributed by atoms with Crippen molar-refractivity contribution in [3.05, 3.63) is 48.7 Å². The van der Waals surface area contributed by atoms with Crippen molar-refractivity contribution < 1.29 is 17.9 Å². The van der Waals surface area contributed by atoms with E-state index in [0.717, 1.165) is 32.6 Å². The number of halogens is 3. The molecule has 1 aliphatic heterocycles. The van der Waals surface area contributed by atoms with Gasteiger partial charge in [-0.25, -0.2) is 28.1 Å². The van der Waals surface area contributed by atoms with Crippen LogP contribution in [0.1, 0.15) is 19.3 Å². The first-order valence-electron chi connectivity index (χ1n) is 10.3. The molecular formula is C22H24F3N5O. The molecule has 0 unspecified atom stereocenters. The molecule has 0 saturated carbocycles. The first-order chi connectivity index (χ1) is 15.1. The van der Waals surface area contributed by atoms with E-state index < -0.39 is 6.43 Å². The number of aromatic nitrogens is 4. The average molecular weight is 431 g/mol. The van der Waals surface area contributed by atoms with Gasteiger partial charge in [0.1, 0.15) is 5.82 Å². The first kappa shape index (κ1) is 21.3. The van der Waals surface area contributed by atoms with Crippen LogP contribution in [0.4, 0.5) is 19.1 Å². The number of aryl methyl sites for hydroxylation is 1. The topological polar surface area (TPSA) is 64.9 Å². The third-order valence-electron chi connectivity index (χ3n) is 5.33. The van der Waals surface area contributed by atoms with Gasteiger partial charge in [0, 0.05) is 44.5 Å². The van der Waals surface area contributed by atoms with Crippen LogP contribution in [0.2, 0.25) is 0 Å². The lowest BCUT2D eigenvalue weighted by Crippen LogP contribution is -2.23. The van der Waals surface area contributed by atoms with E-state index in [0.29, 0.717) is 34.5 Å². The summed E-state index contributed by atoms with van der Waals surface area (Å²) in [6.45, 7) is 2.35. The second kappa shape index (κ2) is 9.91. The number of imidazole rings is 1. The molecule has 0 radical (unpaired) electrons. The summed E-state index contributed by atoms with van der Waals surface area (Å²) in [4.78, 5) is 13.3. The zero-order chi connectivity index (χ0) is 21.6. The second-order valence-corrected chi connectivity index (χ2v) is 7.52. The Bertz CT molecular complexity index is 987. The van der Waals surface area contributed by atoms with Gasteiger partial charge in [0.25, 0.3) is 0 Å². The van der Waals surface area contributed by atoms with Crippen LogP contribution in [0.5, 0.6) is 0 Å². The summed E-state index contributed by atoms with van der Waals surface area (Å²) in [5, 5.41) is 3.28. The zero-order valence-corrected chi connectivity index (χ0v) is 17.0. The SMILES string of the molecule is Fc1ccc(-c2ncn(CCC(F)F)c2-c2ccnc(NCC3CCOCC3)n2)cc1. The molecule has 1 saturated heterocycles. The van der Waals surface area contributed by atoms with Gasteiger partial charge >= 0.3 is 0 Å². The smallest absolute Gasteiger partial charge is 0.240 e. The lowest BCUT2D eigenvalue weighted by atomic mass is 10.0. The average Bonchev–Trinajstić information content (AvgIpc) is 3.22. The molecule has 0 spiro atoms. The maximum Gasteiger partial charge on any atom is 0.240 e. The van der Waals surface area contributed by atoms with Crippen molar-refractivity contribution in [2.45, 2.75) is 32.2 Å². The van der Waals surface area contributed by atoms with Crippen molar-refractivity contribution in [1.82, 2.24) is 19.5 Å². The molecule has 2 aromatic heterocycles. The van der Waals surface area contributed by atoms with Crippen LogP contribution in [0.25, 0.3) is 22.6 Å². The fourth-order valence-corrected chi connectivity index (χ4v) is 3.64. The molecule has 1 aliphatic rings. The van der Waals surface area contributed by atoms with E-state index >= 15 is 0 Å². The molecule has 1 fully saturated rings. The number of nitrogens with zero attached hydrogens (tertiary/aromatic N) is 4. The van der Waals surface area contributed by atoms with Crippen molar-refractivity contribution in [3.63, 3.8) is 0 Å². The van der Waals surface area contributed by atoms with Crippen LogP contribution < -0.4 is 5.32 Å². The molecule has 3 aromatic rings. The Kier molecular flexibility index (Phi) is 6.81. The van der Waals surface area contributed by atoms with Gasteiger partial charge < -0.3 is 14.6 Å². The second-order valence-electron chi connectivity index (χ2n) is 7.52. The molecule has 4 rings (SSSR count). The van der Waals surface area contributed by atoms with Crippen LogP contribution in [0.3, 0.4) is 0 Å². The summed E-state index contributed by atoms with van der Waals surface area (Å²) >= 11 is 0. The van der Waals surface area contributed by atoms with Gasteiger partial charge in [0.05, 0.1) is 23.4 Å². The van der Waals surface area contributed by atoms with Crippen LogP contribution in [0.15, 0.2) is 42.9 Å². The molecule has 0 atom stereocenters. The minimum Gasteiger partial charge on any atom is -0.381 e. The van der Waals surface area contributed by atoms with Crippen molar-refractivity contribution in [2.24, 2.45) is 5.92 Å². The summed E-state index contributed by atoms with van der Waals surface area (Å²) in [5.74, 6) is 0.604. The van der Waals surface area contributed by atoms with Gasteiger partial charge in [0.2, 0.25) is 12.4 Å². The van der Waals surface area contributed by atoms with Crippen molar-refractivity contribution >= 4 is 5.95 Å². The van der Waals surface area contributed by atoms with Crippen LogP contribution >= 0.6 is 0 Å². The highest BCUT2D eigenvalue weighted by Gasteiger charge is 2.19. The predicted octanol–water partition coefficient (Wildman–Crippen LogP) is 4.64. The Balaban J connectivity index is 1.63. The number of alkyl halides is 2. The number of anilines is 1. The van der Waals surface area contributed by atoms with E-state index in [1.807, 2.05) is 0 Å². The fourth-order valence-electron chi connectivity index (χ4n) is 3.64. The van der Waals surface area contributed by atoms with Crippen LogP contribution in [-0.4, -0.2) is 45.7 Å². The molecule has 0 aliphatic carbocycles. The Hall–Kier alpha value is -2.94. The monoisotopic (exact) mass is 431 g/mol. The van der Waals surface area contributed by atoms with Gasteiger partial charge in [-0.05, 0) is 49.1 Å². The van der Waals surface area contributed by atoms with Gasteiger partial charge in [0.15, 0.2) is 0 Å². The highest BCUT2D eigenvalue weighted by molar-refractivity contribution is 5.77. The van der Waals surface area contributed by atoms with Crippen LogP contribution in [0, 0.1) is 11.7 Å². The highest BCUT2D eigenvalue weighted by Crippen LogP contribution is 2.31. The van der Waals surface area contributed by atoms with Crippen molar-refractivity contribution in [1.29, 1.82) is 0 Å². The molecule has 6 nitrogen and oxygen atoms in total. The first-order valence-corrected chi connectivity index (χ1v) is 10.3.